The summed E-state index contributed by atoms with van der Waals surface area (Å²) in [5.41, 5.74) is 4.09. The lowest BCUT2D eigenvalue weighted by Crippen LogP contribution is -2.29. The van der Waals surface area contributed by atoms with Crippen LogP contribution in [0.5, 0.6) is 5.75 Å². The second kappa shape index (κ2) is 3.98. The molecule has 0 saturated heterocycles. The van der Waals surface area contributed by atoms with Crippen LogP contribution >= 0.6 is 0 Å². The summed E-state index contributed by atoms with van der Waals surface area (Å²) in [5, 5.41) is 0. The minimum absolute atomic E-state index is 0.282. The monoisotopic (exact) mass is 192 g/mol. The van der Waals surface area contributed by atoms with Gasteiger partial charge in [0.05, 0.1) is 7.11 Å². The summed E-state index contributed by atoms with van der Waals surface area (Å²) in [7, 11) is 1.68. The molecule has 14 heavy (non-hydrogen) atoms. The minimum atomic E-state index is 0.282. The maximum absolute atomic E-state index is 5.55. The zero-order valence-electron chi connectivity index (χ0n) is 8.36. The van der Waals surface area contributed by atoms with Gasteiger partial charge in [-0.2, -0.15) is 0 Å². The number of rotatable bonds is 4. The Morgan fingerprint density at radius 1 is 1.50 bits per heavy atom. The third-order valence-electron chi connectivity index (χ3n) is 2.73. The lowest BCUT2D eigenvalue weighted by molar-refractivity contribution is 0.412. The number of nitrogens with one attached hydrogen (secondary N) is 1. The highest BCUT2D eigenvalue weighted by atomic mass is 16.5. The lowest BCUT2D eigenvalue weighted by Gasteiger charge is -2.15. The average Bonchev–Trinajstić information content (AvgIpc) is 3.04. The van der Waals surface area contributed by atoms with E-state index in [1.807, 2.05) is 18.2 Å². The first-order valence-corrected chi connectivity index (χ1v) is 4.95. The van der Waals surface area contributed by atoms with Crippen LogP contribution in [0.2, 0.25) is 0 Å². The molecule has 1 atom stereocenters. The van der Waals surface area contributed by atoms with Gasteiger partial charge in [-0.05, 0) is 36.5 Å². The molecule has 2 rings (SSSR count). The molecule has 1 aromatic carbocycles. The molecular formula is C11H16N2O. The van der Waals surface area contributed by atoms with Crippen LogP contribution in [0.1, 0.15) is 24.4 Å². The Balaban J connectivity index is 2.20. The first kappa shape index (κ1) is 9.49. The van der Waals surface area contributed by atoms with E-state index in [1.54, 1.807) is 7.11 Å². The molecule has 3 nitrogen and oxygen atoms in total. The SMILES string of the molecule is COc1cccc(C(NN)C2CC2)c1. The van der Waals surface area contributed by atoms with Gasteiger partial charge >= 0.3 is 0 Å². The molecule has 1 aliphatic rings. The maximum atomic E-state index is 5.55. The molecule has 0 aromatic heterocycles. The maximum Gasteiger partial charge on any atom is 0.119 e. The fraction of sp³-hybridized carbons (Fsp3) is 0.455. The van der Waals surface area contributed by atoms with Crippen molar-refractivity contribution in [3.63, 3.8) is 0 Å². The smallest absolute Gasteiger partial charge is 0.119 e. The van der Waals surface area contributed by atoms with Crippen molar-refractivity contribution in [2.75, 3.05) is 7.11 Å². The Bertz CT molecular complexity index is 310. The van der Waals surface area contributed by atoms with E-state index < -0.39 is 0 Å². The predicted molar refractivity (Wildman–Crippen MR) is 55.8 cm³/mol. The molecule has 1 saturated carbocycles. The average molecular weight is 192 g/mol. The Kier molecular flexibility index (Phi) is 2.70. The van der Waals surface area contributed by atoms with E-state index in [2.05, 4.69) is 11.5 Å². The second-order valence-electron chi connectivity index (χ2n) is 3.76. The van der Waals surface area contributed by atoms with Crippen molar-refractivity contribution < 1.29 is 4.74 Å². The van der Waals surface area contributed by atoms with Crippen molar-refractivity contribution in [3.05, 3.63) is 29.8 Å². The van der Waals surface area contributed by atoms with Crippen LogP contribution < -0.4 is 16.0 Å². The van der Waals surface area contributed by atoms with E-state index >= 15 is 0 Å². The first-order chi connectivity index (χ1) is 6.85. The third kappa shape index (κ3) is 1.89. The summed E-state index contributed by atoms with van der Waals surface area (Å²) in [6, 6.07) is 8.36. The minimum Gasteiger partial charge on any atom is -0.497 e. The van der Waals surface area contributed by atoms with Crippen molar-refractivity contribution in [1.82, 2.24) is 5.43 Å². The number of methoxy groups -OCH3 is 1. The number of hydrazine groups is 1. The summed E-state index contributed by atoms with van der Waals surface area (Å²) in [5.74, 6) is 7.14. The number of hydrogen-bond donors (Lipinski definition) is 2. The van der Waals surface area contributed by atoms with Gasteiger partial charge in [-0.1, -0.05) is 12.1 Å². The van der Waals surface area contributed by atoms with Gasteiger partial charge in [-0.15, -0.1) is 0 Å². The van der Waals surface area contributed by atoms with E-state index in [4.69, 9.17) is 10.6 Å². The molecule has 0 spiro atoms. The lowest BCUT2D eigenvalue weighted by atomic mass is 10.0. The van der Waals surface area contributed by atoms with Gasteiger partial charge in [0.2, 0.25) is 0 Å². The van der Waals surface area contributed by atoms with E-state index in [9.17, 15) is 0 Å². The molecule has 1 aliphatic carbocycles. The van der Waals surface area contributed by atoms with Gasteiger partial charge in [0.15, 0.2) is 0 Å². The topological polar surface area (TPSA) is 47.3 Å². The number of nitrogens with two attached hydrogens (primary N) is 1. The summed E-state index contributed by atoms with van der Waals surface area (Å²) in [4.78, 5) is 0. The fourth-order valence-corrected chi connectivity index (χ4v) is 1.77. The Morgan fingerprint density at radius 2 is 2.29 bits per heavy atom. The summed E-state index contributed by atoms with van der Waals surface area (Å²) in [6.45, 7) is 0. The molecule has 1 unspecified atom stereocenters. The summed E-state index contributed by atoms with van der Waals surface area (Å²) >= 11 is 0. The van der Waals surface area contributed by atoms with Crippen LogP contribution in [0.4, 0.5) is 0 Å². The normalized spacial score (nSPS) is 17.9. The zero-order chi connectivity index (χ0) is 9.97. The van der Waals surface area contributed by atoms with Crippen LogP contribution in [-0.4, -0.2) is 7.11 Å². The molecule has 0 heterocycles. The van der Waals surface area contributed by atoms with Gasteiger partial charge in [-0.3, -0.25) is 11.3 Å². The van der Waals surface area contributed by atoms with E-state index in [1.165, 1.54) is 18.4 Å². The van der Waals surface area contributed by atoms with Crippen LogP contribution in [0.3, 0.4) is 0 Å². The van der Waals surface area contributed by atoms with Crippen molar-refractivity contribution in [3.8, 4) is 5.75 Å². The van der Waals surface area contributed by atoms with Crippen LogP contribution in [0.15, 0.2) is 24.3 Å². The Hall–Kier alpha value is -1.06. The van der Waals surface area contributed by atoms with Gasteiger partial charge < -0.3 is 4.74 Å². The molecule has 0 aliphatic heterocycles. The Labute approximate surface area is 84.2 Å². The molecule has 1 fully saturated rings. The van der Waals surface area contributed by atoms with E-state index in [0.717, 1.165) is 5.75 Å². The van der Waals surface area contributed by atoms with E-state index in [-0.39, 0.29) is 6.04 Å². The van der Waals surface area contributed by atoms with Crippen molar-refractivity contribution in [1.29, 1.82) is 0 Å². The predicted octanol–water partition coefficient (Wildman–Crippen LogP) is 1.61. The highest BCUT2D eigenvalue weighted by Crippen LogP contribution is 2.40. The van der Waals surface area contributed by atoms with Crippen molar-refractivity contribution in [2.24, 2.45) is 11.8 Å². The van der Waals surface area contributed by atoms with Gasteiger partial charge in [0.1, 0.15) is 5.75 Å². The summed E-state index contributed by atoms with van der Waals surface area (Å²) < 4.78 is 5.18. The van der Waals surface area contributed by atoms with Crippen LogP contribution in [0.25, 0.3) is 0 Å². The highest BCUT2D eigenvalue weighted by molar-refractivity contribution is 5.31. The third-order valence-corrected chi connectivity index (χ3v) is 2.73. The first-order valence-electron chi connectivity index (χ1n) is 4.95. The van der Waals surface area contributed by atoms with Crippen LogP contribution in [0, 0.1) is 5.92 Å². The molecule has 76 valence electrons. The van der Waals surface area contributed by atoms with Gasteiger partial charge in [-0.25, -0.2) is 0 Å². The fourth-order valence-electron chi connectivity index (χ4n) is 1.77. The number of ether oxygens (including phenoxy) is 1. The zero-order valence-corrected chi connectivity index (χ0v) is 8.36. The Morgan fingerprint density at radius 3 is 2.86 bits per heavy atom. The molecule has 0 radical (unpaired) electrons. The molecule has 3 N–H and O–H groups in total. The second-order valence-corrected chi connectivity index (χ2v) is 3.76. The van der Waals surface area contributed by atoms with Crippen LogP contribution in [-0.2, 0) is 0 Å². The molecular weight excluding hydrogens is 176 g/mol. The standard InChI is InChI=1S/C11H16N2O/c1-14-10-4-2-3-9(7-10)11(13-12)8-5-6-8/h2-4,7-8,11,13H,5-6,12H2,1H3. The molecule has 0 bridgehead atoms. The number of benzene rings is 1. The van der Waals surface area contributed by atoms with Gasteiger partial charge in [0, 0.05) is 6.04 Å². The van der Waals surface area contributed by atoms with E-state index in [0.29, 0.717) is 5.92 Å². The summed E-state index contributed by atoms with van der Waals surface area (Å²) in [6.07, 6.45) is 2.54. The quantitative estimate of drug-likeness (QED) is 0.563. The molecule has 3 heteroatoms. The molecule has 0 amide bonds. The van der Waals surface area contributed by atoms with Crippen molar-refractivity contribution in [2.45, 2.75) is 18.9 Å². The number of hydrogen-bond acceptors (Lipinski definition) is 3. The van der Waals surface area contributed by atoms with Crippen molar-refractivity contribution >= 4 is 0 Å². The van der Waals surface area contributed by atoms with Gasteiger partial charge in [0.25, 0.3) is 0 Å². The molecule has 1 aromatic rings. The highest BCUT2D eigenvalue weighted by Gasteiger charge is 2.31. The largest absolute Gasteiger partial charge is 0.497 e.